The highest BCUT2D eigenvalue weighted by Crippen LogP contribution is 2.35. The molecule has 3 rings (SSSR count). The fourth-order valence-electron chi connectivity index (χ4n) is 1.98. The molecule has 0 radical (unpaired) electrons. The van der Waals surface area contributed by atoms with Crippen LogP contribution in [-0.2, 0) is 4.79 Å². The van der Waals surface area contributed by atoms with Crippen LogP contribution in [-0.4, -0.2) is 19.2 Å². The number of halogens is 1. The Morgan fingerprint density at radius 1 is 1.14 bits per heavy atom. The minimum absolute atomic E-state index is 0.134. The van der Waals surface area contributed by atoms with E-state index in [-0.39, 0.29) is 6.79 Å². The van der Waals surface area contributed by atoms with Crippen LogP contribution in [0.5, 0.6) is 11.5 Å². The summed E-state index contributed by atoms with van der Waals surface area (Å²) >= 11 is 2.17. The third-order valence-electron chi connectivity index (χ3n) is 3.05. The number of carbonyl (C=O) groups is 2. The fourth-order valence-corrected chi connectivity index (χ4v) is 2.34. The van der Waals surface area contributed by atoms with Crippen LogP contribution in [0.1, 0.15) is 0 Å². The van der Waals surface area contributed by atoms with Gasteiger partial charge in [-0.05, 0) is 59.0 Å². The maximum Gasteiger partial charge on any atom is 0.332 e. The molecular formula is C15H11IN2O4. The van der Waals surface area contributed by atoms with Gasteiger partial charge in [0.2, 0.25) is 13.2 Å². The first-order chi connectivity index (χ1) is 10.7. The molecule has 1 aliphatic heterocycles. The molecule has 0 saturated heterocycles. The normalized spacial score (nSPS) is 11.9. The monoisotopic (exact) mass is 410 g/mol. The molecule has 3 amide bonds. The minimum Gasteiger partial charge on any atom is -0.454 e. The summed E-state index contributed by atoms with van der Waals surface area (Å²) in [5.74, 6) is 1.10. The molecule has 0 atom stereocenters. The smallest absolute Gasteiger partial charge is 0.332 e. The summed E-state index contributed by atoms with van der Waals surface area (Å²) in [6, 6.07) is 11.6. The molecule has 0 saturated carbocycles. The van der Waals surface area contributed by atoms with Gasteiger partial charge in [0.15, 0.2) is 11.5 Å². The first-order valence-corrected chi connectivity index (χ1v) is 7.46. The van der Waals surface area contributed by atoms with Crippen LogP contribution in [0, 0.1) is 3.57 Å². The number of imide groups is 1. The fraction of sp³-hybridized carbons (Fsp3) is 0.0667. The lowest BCUT2D eigenvalue weighted by Crippen LogP contribution is -2.33. The predicted octanol–water partition coefficient (Wildman–Crippen LogP) is 3.21. The molecule has 6 nitrogen and oxygen atoms in total. The summed E-state index contributed by atoms with van der Waals surface area (Å²) in [6.07, 6.45) is 0.458. The summed E-state index contributed by atoms with van der Waals surface area (Å²) in [5.41, 5.74) is 1.01. The van der Waals surface area contributed by atoms with Gasteiger partial charge in [-0.15, -0.1) is 0 Å². The van der Waals surface area contributed by atoms with E-state index in [2.05, 4.69) is 27.9 Å². The van der Waals surface area contributed by atoms with Gasteiger partial charge in [-0.25, -0.2) is 9.69 Å². The van der Waals surface area contributed by atoms with Crippen molar-refractivity contribution in [2.45, 2.75) is 0 Å². The van der Waals surface area contributed by atoms with Gasteiger partial charge in [-0.3, -0.25) is 4.79 Å². The molecular weight excluding hydrogens is 399 g/mol. The number of benzene rings is 2. The van der Waals surface area contributed by atoms with Gasteiger partial charge in [0, 0.05) is 15.3 Å². The van der Waals surface area contributed by atoms with Crippen LogP contribution in [0.4, 0.5) is 16.2 Å². The first-order valence-electron chi connectivity index (χ1n) is 6.38. The molecule has 2 aromatic rings. The number of carbonyl (C=O) groups excluding carboxylic acids is 2. The second kappa shape index (κ2) is 6.22. The molecule has 0 spiro atoms. The molecule has 112 valence electrons. The van der Waals surface area contributed by atoms with Crippen molar-refractivity contribution in [3.63, 3.8) is 0 Å². The van der Waals surface area contributed by atoms with Crippen LogP contribution < -0.4 is 19.7 Å². The first kappa shape index (κ1) is 14.6. The predicted molar refractivity (Wildman–Crippen MR) is 89.3 cm³/mol. The van der Waals surface area contributed by atoms with E-state index in [1.807, 2.05) is 12.1 Å². The lowest BCUT2D eigenvalue weighted by atomic mass is 10.2. The van der Waals surface area contributed by atoms with Crippen molar-refractivity contribution >= 4 is 46.4 Å². The standard InChI is InChI=1S/C15H11IN2O4/c16-10-1-3-11(4-2-10)17-15(20)18(8-19)12-5-6-13-14(7-12)22-9-21-13/h1-8H,9H2,(H,17,20). The lowest BCUT2D eigenvalue weighted by molar-refractivity contribution is -0.106. The number of fused-ring (bicyclic) bond motifs is 1. The summed E-state index contributed by atoms with van der Waals surface area (Å²) in [7, 11) is 0. The van der Waals surface area contributed by atoms with E-state index >= 15 is 0 Å². The zero-order chi connectivity index (χ0) is 15.5. The number of hydrogen-bond acceptors (Lipinski definition) is 4. The van der Waals surface area contributed by atoms with Gasteiger partial charge in [0.05, 0.1) is 5.69 Å². The Morgan fingerprint density at radius 3 is 2.59 bits per heavy atom. The zero-order valence-electron chi connectivity index (χ0n) is 11.3. The number of anilines is 2. The van der Waals surface area contributed by atoms with Crippen molar-refractivity contribution < 1.29 is 19.1 Å². The second-order valence-electron chi connectivity index (χ2n) is 4.45. The van der Waals surface area contributed by atoms with Gasteiger partial charge in [-0.1, -0.05) is 0 Å². The van der Waals surface area contributed by atoms with Gasteiger partial charge in [0.1, 0.15) is 0 Å². The average molecular weight is 410 g/mol. The summed E-state index contributed by atoms with van der Waals surface area (Å²) in [5, 5.41) is 2.67. The molecule has 22 heavy (non-hydrogen) atoms. The minimum atomic E-state index is -0.546. The van der Waals surface area contributed by atoms with Crippen molar-refractivity contribution in [1.82, 2.24) is 0 Å². The van der Waals surface area contributed by atoms with E-state index in [1.165, 1.54) is 0 Å². The Balaban J connectivity index is 1.79. The molecule has 0 aromatic heterocycles. The van der Waals surface area contributed by atoms with Crippen LogP contribution in [0.3, 0.4) is 0 Å². The third-order valence-corrected chi connectivity index (χ3v) is 3.77. The van der Waals surface area contributed by atoms with Gasteiger partial charge in [0.25, 0.3) is 0 Å². The molecule has 1 N–H and O–H groups in total. The number of ether oxygens (including phenoxy) is 2. The lowest BCUT2D eigenvalue weighted by Gasteiger charge is -2.16. The molecule has 1 aliphatic rings. The van der Waals surface area contributed by atoms with E-state index in [9.17, 15) is 9.59 Å². The van der Waals surface area contributed by atoms with Crippen molar-refractivity contribution in [3.05, 3.63) is 46.0 Å². The molecule has 0 aliphatic carbocycles. The van der Waals surface area contributed by atoms with E-state index < -0.39 is 6.03 Å². The highest BCUT2D eigenvalue weighted by atomic mass is 127. The van der Waals surface area contributed by atoms with Crippen molar-refractivity contribution in [3.8, 4) is 11.5 Å². The van der Waals surface area contributed by atoms with Crippen molar-refractivity contribution in [2.24, 2.45) is 0 Å². The number of hydrogen-bond donors (Lipinski definition) is 1. The Morgan fingerprint density at radius 2 is 1.86 bits per heavy atom. The topological polar surface area (TPSA) is 67.9 Å². The average Bonchev–Trinajstić information content (AvgIpc) is 2.98. The molecule has 0 unspecified atom stereocenters. The molecule has 0 fully saturated rings. The number of rotatable bonds is 3. The highest BCUT2D eigenvalue weighted by molar-refractivity contribution is 14.1. The SMILES string of the molecule is O=CN(C(=O)Nc1ccc(I)cc1)c1ccc2c(c1)OCO2. The van der Waals surface area contributed by atoms with E-state index in [4.69, 9.17) is 9.47 Å². The summed E-state index contributed by atoms with van der Waals surface area (Å²) < 4.78 is 11.5. The Labute approximate surface area is 140 Å². The Kier molecular flexibility index (Phi) is 4.14. The zero-order valence-corrected chi connectivity index (χ0v) is 13.4. The maximum atomic E-state index is 12.2. The molecule has 7 heteroatoms. The van der Waals surface area contributed by atoms with Gasteiger partial charge in [-0.2, -0.15) is 0 Å². The number of amides is 3. The van der Waals surface area contributed by atoms with Crippen molar-refractivity contribution in [2.75, 3.05) is 17.0 Å². The van der Waals surface area contributed by atoms with Gasteiger partial charge < -0.3 is 14.8 Å². The van der Waals surface area contributed by atoms with Crippen LogP contribution in [0.2, 0.25) is 0 Å². The summed E-state index contributed by atoms with van der Waals surface area (Å²) in [6.45, 7) is 0.134. The summed E-state index contributed by atoms with van der Waals surface area (Å²) in [4.78, 5) is 24.5. The Hall–Kier alpha value is -2.29. The highest BCUT2D eigenvalue weighted by Gasteiger charge is 2.20. The quantitative estimate of drug-likeness (QED) is 0.624. The molecule has 2 aromatic carbocycles. The van der Waals surface area contributed by atoms with Gasteiger partial charge >= 0.3 is 6.03 Å². The Bertz CT molecular complexity index is 718. The third kappa shape index (κ3) is 2.98. The van der Waals surface area contributed by atoms with Crippen LogP contribution >= 0.6 is 22.6 Å². The van der Waals surface area contributed by atoms with Crippen LogP contribution in [0.15, 0.2) is 42.5 Å². The van der Waals surface area contributed by atoms with Crippen LogP contribution in [0.25, 0.3) is 0 Å². The van der Waals surface area contributed by atoms with E-state index in [0.29, 0.717) is 29.3 Å². The number of urea groups is 1. The van der Waals surface area contributed by atoms with E-state index in [0.717, 1.165) is 8.47 Å². The second-order valence-corrected chi connectivity index (χ2v) is 5.70. The number of nitrogens with one attached hydrogen (secondary N) is 1. The number of nitrogens with zero attached hydrogens (tertiary/aromatic N) is 1. The molecule has 1 heterocycles. The maximum absolute atomic E-state index is 12.2. The van der Waals surface area contributed by atoms with E-state index in [1.54, 1.807) is 30.3 Å². The molecule has 0 bridgehead atoms. The van der Waals surface area contributed by atoms with Crippen molar-refractivity contribution in [1.29, 1.82) is 0 Å². The largest absolute Gasteiger partial charge is 0.454 e.